The van der Waals surface area contributed by atoms with Crippen molar-refractivity contribution in [2.75, 3.05) is 0 Å². The smallest absolute Gasteiger partial charge is 0.419 e. The lowest BCUT2D eigenvalue weighted by Crippen LogP contribution is -2.47. The first kappa shape index (κ1) is 19.2. The van der Waals surface area contributed by atoms with E-state index >= 15 is 0 Å². The van der Waals surface area contributed by atoms with Crippen molar-refractivity contribution in [3.63, 3.8) is 0 Å². The van der Waals surface area contributed by atoms with Crippen molar-refractivity contribution in [1.82, 2.24) is 15.4 Å². The second-order valence-electron chi connectivity index (χ2n) is 5.97. The molecule has 1 aromatic heterocycles. The molecular weight excluding hydrogens is 369 g/mol. The summed E-state index contributed by atoms with van der Waals surface area (Å²) in [5.41, 5.74) is 5.45. The predicted octanol–water partition coefficient (Wildman–Crippen LogP) is 1.74. The van der Waals surface area contributed by atoms with Crippen LogP contribution < -0.4 is 21.3 Å². The molecule has 2 aromatic carbocycles. The summed E-state index contributed by atoms with van der Waals surface area (Å²) in [6.07, 6.45) is -1.09. The fourth-order valence-electron chi connectivity index (χ4n) is 2.52. The zero-order valence-corrected chi connectivity index (χ0v) is 15.0. The van der Waals surface area contributed by atoms with E-state index < -0.39 is 29.5 Å². The summed E-state index contributed by atoms with van der Waals surface area (Å²) in [7, 11) is 0. The van der Waals surface area contributed by atoms with E-state index in [4.69, 9.17) is 9.15 Å². The summed E-state index contributed by atoms with van der Waals surface area (Å²) in [6.45, 7) is 1.50. The molecule has 0 radical (unpaired) electrons. The van der Waals surface area contributed by atoms with Crippen LogP contribution in [0.25, 0.3) is 11.1 Å². The molecule has 3 rings (SSSR count). The van der Waals surface area contributed by atoms with Crippen LogP contribution >= 0.6 is 0 Å². The number of carbonyl (C=O) groups excluding carboxylic acids is 2. The number of oxazole rings is 1. The van der Waals surface area contributed by atoms with Gasteiger partial charge in [0.15, 0.2) is 23.3 Å². The van der Waals surface area contributed by atoms with Gasteiger partial charge >= 0.3 is 5.76 Å². The van der Waals surface area contributed by atoms with Gasteiger partial charge in [0.25, 0.3) is 5.91 Å². The molecule has 2 N–H and O–H groups in total. The number of ether oxygens (including phenoxy) is 1. The molecule has 0 saturated carbocycles. The van der Waals surface area contributed by atoms with Crippen molar-refractivity contribution in [3.05, 3.63) is 64.9 Å². The average molecular weight is 387 g/mol. The van der Waals surface area contributed by atoms with Crippen molar-refractivity contribution in [2.45, 2.75) is 26.0 Å². The minimum atomic E-state index is -1.03. The lowest BCUT2D eigenvalue weighted by atomic mass is 10.3. The molecule has 8 nitrogen and oxygen atoms in total. The summed E-state index contributed by atoms with van der Waals surface area (Å²) < 4.78 is 25.2. The van der Waals surface area contributed by atoms with Crippen LogP contribution in [0.5, 0.6) is 5.75 Å². The lowest BCUT2D eigenvalue weighted by molar-refractivity contribution is -0.132. The topological polar surface area (TPSA) is 103 Å². The van der Waals surface area contributed by atoms with Crippen LogP contribution in [0.2, 0.25) is 0 Å². The number of benzene rings is 2. The largest absolute Gasteiger partial charge is 0.478 e. The van der Waals surface area contributed by atoms with Gasteiger partial charge in [-0.05, 0) is 31.2 Å². The van der Waals surface area contributed by atoms with E-state index in [9.17, 15) is 18.8 Å². The Morgan fingerprint density at radius 3 is 2.64 bits per heavy atom. The number of para-hydroxylation sites is 3. The number of rotatable bonds is 6. The number of aryl methyl sites for hydroxylation is 1. The van der Waals surface area contributed by atoms with E-state index in [-0.39, 0.29) is 18.7 Å². The lowest BCUT2D eigenvalue weighted by Gasteiger charge is -2.15. The standard InChI is InChI=1S/C19H18FN3O5/c1-12(27-15-8-4-2-6-13(15)20)18(25)22-21-17(24)10-11-23-14-7-3-5-9-16(14)28-19(23)26/h2-9,12H,10-11H2,1H3,(H,21,24)(H,22,25)/t12-/m0/s1. The van der Waals surface area contributed by atoms with Crippen LogP contribution in [-0.4, -0.2) is 22.5 Å². The monoisotopic (exact) mass is 387 g/mol. The molecule has 28 heavy (non-hydrogen) atoms. The van der Waals surface area contributed by atoms with E-state index in [1.807, 2.05) is 0 Å². The molecule has 1 atom stereocenters. The Labute approximate surface area is 158 Å². The van der Waals surface area contributed by atoms with Gasteiger partial charge in [-0.25, -0.2) is 9.18 Å². The third-order valence-corrected chi connectivity index (χ3v) is 3.97. The Bertz CT molecular complexity index is 1060. The average Bonchev–Trinajstić information content (AvgIpc) is 3.01. The third kappa shape index (κ3) is 4.37. The molecule has 0 bridgehead atoms. The maximum atomic E-state index is 13.5. The van der Waals surface area contributed by atoms with Gasteiger partial charge < -0.3 is 9.15 Å². The molecule has 0 unspecified atom stereocenters. The molecule has 1 heterocycles. The summed E-state index contributed by atoms with van der Waals surface area (Å²) in [5.74, 6) is -2.39. The Morgan fingerprint density at radius 1 is 1.14 bits per heavy atom. The minimum Gasteiger partial charge on any atom is -0.478 e. The highest BCUT2D eigenvalue weighted by Crippen LogP contribution is 2.17. The molecule has 0 aliphatic heterocycles. The second kappa shape index (κ2) is 8.38. The molecule has 3 aromatic rings. The number of hydrogen-bond acceptors (Lipinski definition) is 5. The minimum absolute atomic E-state index is 0.0632. The molecule has 0 fully saturated rings. The predicted molar refractivity (Wildman–Crippen MR) is 97.9 cm³/mol. The van der Waals surface area contributed by atoms with Crippen molar-refractivity contribution < 1.29 is 23.1 Å². The fourth-order valence-corrected chi connectivity index (χ4v) is 2.52. The summed E-state index contributed by atoms with van der Waals surface area (Å²) in [5, 5.41) is 0. The Kier molecular flexibility index (Phi) is 5.73. The van der Waals surface area contributed by atoms with Gasteiger partial charge in [-0.2, -0.15) is 0 Å². The van der Waals surface area contributed by atoms with Crippen LogP contribution in [0.3, 0.4) is 0 Å². The van der Waals surface area contributed by atoms with Crippen LogP contribution in [-0.2, 0) is 16.1 Å². The summed E-state index contributed by atoms with van der Waals surface area (Å²) >= 11 is 0. The number of nitrogens with one attached hydrogen (secondary N) is 2. The zero-order chi connectivity index (χ0) is 20.1. The number of nitrogens with zero attached hydrogens (tertiary/aromatic N) is 1. The molecular formula is C19H18FN3O5. The van der Waals surface area contributed by atoms with E-state index in [2.05, 4.69) is 10.9 Å². The number of aromatic nitrogens is 1. The second-order valence-corrected chi connectivity index (χ2v) is 5.97. The highest BCUT2D eigenvalue weighted by atomic mass is 19.1. The molecule has 0 aliphatic carbocycles. The number of carbonyl (C=O) groups is 2. The SMILES string of the molecule is C[C@H](Oc1ccccc1F)C(=O)NNC(=O)CCn1c(=O)oc2ccccc21. The van der Waals surface area contributed by atoms with Gasteiger partial charge in [-0.15, -0.1) is 0 Å². The Morgan fingerprint density at radius 2 is 1.86 bits per heavy atom. The molecule has 0 aliphatic rings. The Balaban J connectivity index is 1.50. The van der Waals surface area contributed by atoms with Gasteiger partial charge in [0.05, 0.1) is 5.52 Å². The van der Waals surface area contributed by atoms with Crippen molar-refractivity contribution >= 4 is 22.9 Å². The van der Waals surface area contributed by atoms with Crippen molar-refractivity contribution in [1.29, 1.82) is 0 Å². The first-order valence-corrected chi connectivity index (χ1v) is 8.54. The van der Waals surface area contributed by atoms with Gasteiger partial charge in [-0.1, -0.05) is 24.3 Å². The highest BCUT2D eigenvalue weighted by molar-refractivity contribution is 5.84. The summed E-state index contributed by atoms with van der Waals surface area (Å²) in [4.78, 5) is 35.8. The van der Waals surface area contributed by atoms with Crippen LogP contribution in [0, 0.1) is 5.82 Å². The Hall–Kier alpha value is -3.62. The van der Waals surface area contributed by atoms with Gasteiger partial charge in [0.1, 0.15) is 0 Å². The number of fused-ring (bicyclic) bond motifs is 1. The van der Waals surface area contributed by atoms with E-state index in [1.54, 1.807) is 30.3 Å². The number of amides is 2. The van der Waals surface area contributed by atoms with Gasteiger partial charge in [-0.3, -0.25) is 25.0 Å². The van der Waals surface area contributed by atoms with Crippen molar-refractivity contribution in [2.24, 2.45) is 0 Å². The first-order chi connectivity index (χ1) is 13.5. The maximum Gasteiger partial charge on any atom is 0.419 e. The zero-order valence-electron chi connectivity index (χ0n) is 15.0. The molecule has 0 spiro atoms. The van der Waals surface area contributed by atoms with Crippen LogP contribution in [0.4, 0.5) is 4.39 Å². The van der Waals surface area contributed by atoms with E-state index in [0.717, 1.165) is 0 Å². The van der Waals surface area contributed by atoms with E-state index in [0.29, 0.717) is 11.1 Å². The van der Waals surface area contributed by atoms with Gasteiger partial charge in [0.2, 0.25) is 5.91 Å². The fraction of sp³-hybridized carbons (Fsp3) is 0.211. The molecule has 0 saturated heterocycles. The molecule has 2 amide bonds. The number of hydrazine groups is 1. The quantitative estimate of drug-likeness (QED) is 0.627. The first-order valence-electron chi connectivity index (χ1n) is 8.54. The van der Waals surface area contributed by atoms with Crippen molar-refractivity contribution in [3.8, 4) is 5.75 Å². The highest BCUT2D eigenvalue weighted by Gasteiger charge is 2.17. The number of hydrogen-bond donors (Lipinski definition) is 2. The number of halogens is 1. The normalized spacial score (nSPS) is 11.8. The van der Waals surface area contributed by atoms with Crippen LogP contribution in [0.1, 0.15) is 13.3 Å². The van der Waals surface area contributed by atoms with Gasteiger partial charge in [0, 0.05) is 13.0 Å². The molecule has 146 valence electrons. The third-order valence-electron chi connectivity index (χ3n) is 3.97. The maximum absolute atomic E-state index is 13.5. The summed E-state index contributed by atoms with van der Waals surface area (Å²) in [6, 6.07) is 12.5. The van der Waals surface area contributed by atoms with Crippen LogP contribution in [0.15, 0.2) is 57.7 Å². The molecule has 9 heteroatoms. The van der Waals surface area contributed by atoms with E-state index in [1.165, 1.54) is 29.7 Å².